The van der Waals surface area contributed by atoms with Crippen molar-refractivity contribution < 1.29 is 0 Å². The molecule has 1 saturated carbocycles. The van der Waals surface area contributed by atoms with Crippen LogP contribution in [0.1, 0.15) is 30.7 Å². The molecule has 0 radical (unpaired) electrons. The summed E-state index contributed by atoms with van der Waals surface area (Å²) in [6, 6.07) is 4.96. The molecule has 4 rings (SSSR count). The average molecular weight is 174 g/mol. The van der Waals surface area contributed by atoms with Crippen molar-refractivity contribution in [1.29, 1.82) is 0 Å². The number of nitrogens with zero attached hydrogens (tertiary/aromatic N) is 1. The van der Waals surface area contributed by atoms with Crippen molar-refractivity contribution in [3.63, 3.8) is 0 Å². The molecular weight excluding hydrogens is 160 g/mol. The fourth-order valence-electron chi connectivity index (χ4n) is 2.52. The molecule has 0 aromatic carbocycles. The molecular formula is C11H14N2. The molecule has 13 heavy (non-hydrogen) atoms. The lowest BCUT2D eigenvalue weighted by atomic mass is 9.65. The Bertz CT molecular complexity index is 359. The summed E-state index contributed by atoms with van der Waals surface area (Å²) in [6.07, 6.45) is 1.28. The van der Waals surface area contributed by atoms with Crippen LogP contribution in [0.2, 0.25) is 0 Å². The van der Waals surface area contributed by atoms with Gasteiger partial charge in [0, 0.05) is 17.7 Å². The fourth-order valence-corrected chi connectivity index (χ4v) is 2.52. The van der Waals surface area contributed by atoms with Gasteiger partial charge in [-0.3, -0.25) is 4.98 Å². The molecule has 68 valence electrons. The third-order valence-corrected chi connectivity index (χ3v) is 3.53. The molecule has 1 fully saturated rings. The third kappa shape index (κ3) is 0.859. The van der Waals surface area contributed by atoms with Gasteiger partial charge >= 0.3 is 0 Å². The summed E-state index contributed by atoms with van der Waals surface area (Å²) in [4.78, 5) is 4.62. The highest BCUT2D eigenvalue weighted by atomic mass is 15.0. The van der Waals surface area contributed by atoms with Crippen molar-refractivity contribution in [3.8, 4) is 0 Å². The first-order valence-corrected chi connectivity index (χ1v) is 5.00. The van der Waals surface area contributed by atoms with E-state index < -0.39 is 0 Å². The maximum atomic E-state index is 4.62. The molecule has 0 spiro atoms. The van der Waals surface area contributed by atoms with Crippen molar-refractivity contribution in [2.45, 2.75) is 32.2 Å². The monoisotopic (exact) mass is 174 g/mol. The maximum Gasteiger partial charge on any atom is 0.0672 e. The van der Waals surface area contributed by atoms with Crippen LogP contribution in [0.25, 0.3) is 0 Å². The third-order valence-electron chi connectivity index (χ3n) is 3.53. The fraction of sp³-hybridized carbons (Fsp3) is 0.545. The highest BCUT2D eigenvalue weighted by Crippen LogP contribution is 2.49. The van der Waals surface area contributed by atoms with Crippen molar-refractivity contribution in [2.75, 3.05) is 5.32 Å². The predicted molar refractivity (Wildman–Crippen MR) is 52.9 cm³/mol. The first-order valence-electron chi connectivity index (χ1n) is 5.00. The van der Waals surface area contributed by atoms with Crippen molar-refractivity contribution in [2.24, 2.45) is 5.92 Å². The molecule has 2 heteroatoms. The molecule has 2 aliphatic heterocycles. The summed E-state index contributed by atoms with van der Waals surface area (Å²) in [6.45, 7) is 4.38. The van der Waals surface area contributed by atoms with E-state index in [0.717, 1.165) is 17.5 Å². The predicted octanol–water partition coefficient (Wildman–Crippen LogP) is 2.31. The Morgan fingerprint density at radius 1 is 1.46 bits per heavy atom. The van der Waals surface area contributed by atoms with Crippen LogP contribution in [0, 0.1) is 12.8 Å². The molecule has 0 saturated heterocycles. The quantitative estimate of drug-likeness (QED) is 0.652. The van der Waals surface area contributed by atoms with Gasteiger partial charge < -0.3 is 5.32 Å². The van der Waals surface area contributed by atoms with E-state index in [2.05, 4.69) is 36.3 Å². The second kappa shape index (κ2) is 2.25. The number of nitrogens with one attached hydrogen (secondary N) is 1. The second-order valence-electron chi connectivity index (χ2n) is 4.34. The topological polar surface area (TPSA) is 24.9 Å². The van der Waals surface area contributed by atoms with Gasteiger partial charge in [0.05, 0.1) is 11.4 Å². The molecule has 2 nitrogen and oxygen atoms in total. The number of aryl methyl sites for hydroxylation is 1. The van der Waals surface area contributed by atoms with E-state index in [9.17, 15) is 0 Å². The summed E-state index contributed by atoms with van der Waals surface area (Å²) in [5.74, 6) is 1.50. The molecule has 1 aliphatic carbocycles. The number of hydrogen-bond donors (Lipinski definition) is 1. The van der Waals surface area contributed by atoms with Gasteiger partial charge in [-0.1, -0.05) is 6.92 Å². The molecule has 3 heterocycles. The van der Waals surface area contributed by atoms with Crippen LogP contribution in [0.5, 0.6) is 0 Å². The summed E-state index contributed by atoms with van der Waals surface area (Å²) < 4.78 is 0. The Morgan fingerprint density at radius 3 is 3.08 bits per heavy atom. The van der Waals surface area contributed by atoms with E-state index in [4.69, 9.17) is 0 Å². The van der Waals surface area contributed by atoms with Crippen LogP contribution in [-0.2, 0) is 0 Å². The molecule has 1 N–H and O–H groups in total. The second-order valence-corrected chi connectivity index (χ2v) is 4.34. The molecule has 3 unspecified atom stereocenters. The van der Waals surface area contributed by atoms with Gasteiger partial charge in [0.2, 0.25) is 0 Å². The Hall–Kier alpha value is -1.05. The van der Waals surface area contributed by atoms with Crippen molar-refractivity contribution >= 4 is 5.69 Å². The highest BCUT2D eigenvalue weighted by molar-refractivity contribution is 5.56. The van der Waals surface area contributed by atoms with Crippen LogP contribution >= 0.6 is 0 Å². The largest absolute Gasteiger partial charge is 0.381 e. The van der Waals surface area contributed by atoms with Crippen LogP contribution in [0.15, 0.2) is 12.1 Å². The number of anilines is 1. The standard InChI is InChI=1S/C11H14N2/c1-6-3-4-9-11(12-6)8-5-10(13-9)7(8)2/h3-4,7-8,10,13H,5H2,1-2H3. The van der Waals surface area contributed by atoms with E-state index >= 15 is 0 Å². The zero-order valence-electron chi connectivity index (χ0n) is 8.04. The normalized spacial score (nSPS) is 34.5. The first-order chi connectivity index (χ1) is 6.25. The van der Waals surface area contributed by atoms with Crippen molar-refractivity contribution in [3.05, 3.63) is 23.5 Å². The summed E-state index contributed by atoms with van der Waals surface area (Å²) in [5, 5.41) is 3.54. The molecule has 3 atom stereocenters. The number of aromatic nitrogens is 1. The van der Waals surface area contributed by atoms with Gasteiger partial charge in [-0.25, -0.2) is 0 Å². The maximum absolute atomic E-state index is 4.62. The lowest BCUT2D eigenvalue weighted by molar-refractivity contribution is 0.226. The smallest absolute Gasteiger partial charge is 0.0672 e. The minimum Gasteiger partial charge on any atom is -0.381 e. The van der Waals surface area contributed by atoms with Gasteiger partial charge in [0.25, 0.3) is 0 Å². The summed E-state index contributed by atoms with van der Waals surface area (Å²) in [5.41, 5.74) is 3.71. The molecule has 0 amide bonds. The van der Waals surface area contributed by atoms with E-state index in [1.54, 1.807) is 0 Å². The van der Waals surface area contributed by atoms with E-state index in [1.165, 1.54) is 17.8 Å². The summed E-state index contributed by atoms with van der Waals surface area (Å²) >= 11 is 0. The average Bonchev–Trinajstić information content (AvgIpc) is 2.15. The number of pyridine rings is 1. The van der Waals surface area contributed by atoms with E-state index in [-0.39, 0.29) is 0 Å². The number of hydrogen-bond acceptors (Lipinski definition) is 2. The van der Waals surface area contributed by atoms with E-state index in [1.807, 2.05) is 0 Å². The molecule has 1 aromatic heterocycles. The minimum absolute atomic E-state index is 0.710. The van der Waals surface area contributed by atoms with Crippen LogP contribution in [0.4, 0.5) is 5.69 Å². The number of rotatable bonds is 0. The van der Waals surface area contributed by atoms with Gasteiger partial charge in [0.1, 0.15) is 0 Å². The van der Waals surface area contributed by atoms with Gasteiger partial charge in [-0.05, 0) is 31.4 Å². The molecule has 1 aromatic rings. The Kier molecular flexibility index (Phi) is 1.27. The van der Waals surface area contributed by atoms with Crippen LogP contribution in [0.3, 0.4) is 0 Å². The zero-order valence-corrected chi connectivity index (χ0v) is 8.04. The van der Waals surface area contributed by atoms with Gasteiger partial charge in [-0.2, -0.15) is 0 Å². The van der Waals surface area contributed by atoms with E-state index in [0.29, 0.717) is 6.04 Å². The van der Waals surface area contributed by atoms with Crippen LogP contribution < -0.4 is 5.32 Å². The van der Waals surface area contributed by atoms with Gasteiger partial charge in [-0.15, -0.1) is 0 Å². The highest BCUT2D eigenvalue weighted by Gasteiger charge is 2.44. The molecule has 3 aliphatic rings. The lowest BCUT2D eigenvalue weighted by Crippen LogP contribution is -2.48. The molecule has 2 bridgehead atoms. The SMILES string of the molecule is Cc1ccc2c(n1)C1CC(N2)C1C. The minimum atomic E-state index is 0.710. The Labute approximate surface area is 78.4 Å². The Balaban J connectivity index is 2.12. The van der Waals surface area contributed by atoms with Crippen LogP contribution in [-0.4, -0.2) is 11.0 Å². The Morgan fingerprint density at radius 2 is 2.31 bits per heavy atom. The lowest BCUT2D eigenvalue weighted by Gasteiger charge is -2.48. The first kappa shape index (κ1) is 7.36. The van der Waals surface area contributed by atoms with Crippen molar-refractivity contribution in [1.82, 2.24) is 4.98 Å². The zero-order chi connectivity index (χ0) is 9.00. The van der Waals surface area contributed by atoms with Gasteiger partial charge in [0.15, 0.2) is 0 Å². The summed E-state index contributed by atoms with van der Waals surface area (Å²) in [7, 11) is 0.